The smallest absolute Gasteiger partial charge is 0.265 e. The molecule has 1 amide bonds. The van der Waals surface area contributed by atoms with E-state index in [-0.39, 0.29) is 5.91 Å². The summed E-state index contributed by atoms with van der Waals surface area (Å²) >= 11 is 12.3. The number of carbonyl (C=O) groups is 1. The number of benzene rings is 2. The van der Waals surface area contributed by atoms with Gasteiger partial charge >= 0.3 is 0 Å². The van der Waals surface area contributed by atoms with E-state index in [0.717, 1.165) is 16.9 Å². The first-order chi connectivity index (χ1) is 11.5. The molecule has 0 bridgehead atoms. The molecule has 0 saturated carbocycles. The number of thiocarbonyl (C=S) groups is 1. The molecule has 2 aromatic carbocycles. The second kappa shape index (κ2) is 7.38. The second-order valence-corrected chi connectivity index (χ2v) is 7.34. The van der Waals surface area contributed by atoms with Crippen LogP contribution in [0.3, 0.4) is 0 Å². The van der Waals surface area contributed by atoms with Gasteiger partial charge in [0.1, 0.15) is 16.7 Å². The molecule has 1 heterocycles. The van der Waals surface area contributed by atoms with Crippen molar-refractivity contribution in [2.75, 3.05) is 7.05 Å². The molecule has 3 nitrogen and oxygen atoms in total. The summed E-state index contributed by atoms with van der Waals surface area (Å²) < 4.78 is 6.33. The quantitative estimate of drug-likeness (QED) is 0.569. The van der Waals surface area contributed by atoms with Crippen molar-refractivity contribution >= 4 is 51.9 Å². The van der Waals surface area contributed by atoms with Crippen LogP contribution in [0.1, 0.15) is 11.1 Å². The Morgan fingerprint density at radius 1 is 1.17 bits per heavy atom. The lowest BCUT2D eigenvalue weighted by Crippen LogP contribution is -2.22. The number of halogens is 1. The molecule has 0 aliphatic carbocycles. The third-order valence-corrected chi connectivity index (χ3v) is 5.22. The molecular formula is C18H14ClNO2S2. The summed E-state index contributed by atoms with van der Waals surface area (Å²) in [5.74, 6) is 0.707. The number of rotatable bonds is 4. The molecule has 1 saturated heterocycles. The van der Waals surface area contributed by atoms with Gasteiger partial charge in [0.15, 0.2) is 0 Å². The predicted octanol–water partition coefficient (Wildman–Crippen LogP) is 4.75. The Morgan fingerprint density at radius 2 is 1.83 bits per heavy atom. The van der Waals surface area contributed by atoms with Crippen LogP contribution in [0.2, 0.25) is 5.02 Å². The molecule has 3 rings (SSSR count). The molecule has 6 heteroatoms. The van der Waals surface area contributed by atoms with E-state index >= 15 is 0 Å². The van der Waals surface area contributed by atoms with Gasteiger partial charge in [-0.25, -0.2) is 0 Å². The Hall–Kier alpha value is -1.82. The first kappa shape index (κ1) is 17.0. The van der Waals surface area contributed by atoms with Crippen molar-refractivity contribution in [3.05, 3.63) is 69.6 Å². The number of thioether (sulfide) groups is 1. The van der Waals surface area contributed by atoms with Crippen LogP contribution in [0.4, 0.5) is 0 Å². The molecule has 1 fully saturated rings. The number of nitrogens with zero attached hydrogens (tertiary/aromatic N) is 1. The molecule has 0 radical (unpaired) electrons. The minimum atomic E-state index is -0.0620. The van der Waals surface area contributed by atoms with Crippen LogP contribution in [0, 0.1) is 0 Å². The summed E-state index contributed by atoms with van der Waals surface area (Å²) in [5, 5.41) is 0.709. The average Bonchev–Trinajstić information content (AvgIpc) is 2.83. The zero-order valence-electron chi connectivity index (χ0n) is 12.9. The highest BCUT2D eigenvalue weighted by Crippen LogP contribution is 2.31. The molecule has 0 N–H and O–H groups in total. The maximum atomic E-state index is 12.0. The number of ether oxygens (including phenoxy) is 1. The lowest BCUT2D eigenvalue weighted by Gasteiger charge is -2.07. The standard InChI is InChI=1S/C18H14ClNO2S2/c1-20-17(21)16(24-18(20)23)10-12-4-8-15(9-5-12)22-11-13-2-6-14(19)7-3-13/h2-10H,11H2,1H3/b16-10+. The molecule has 1 aliphatic rings. The van der Waals surface area contributed by atoms with Crippen LogP contribution in [-0.2, 0) is 11.4 Å². The maximum absolute atomic E-state index is 12.0. The number of carbonyl (C=O) groups excluding carboxylic acids is 1. The van der Waals surface area contributed by atoms with Gasteiger partial charge in [-0.3, -0.25) is 9.69 Å². The van der Waals surface area contributed by atoms with Crippen LogP contribution >= 0.6 is 35.6 Å². The van der Waals surface area contributed by atoms with Gasteiger partial charge in [-0.2, -0.15) is 0 Å². The summed E-state index contributed by atoms with van der Waals surface area (Å²) in [6, 6.07) is 15.1. The highest BCUT2D eigenvalue weighted by atomic mass is 35.5. The van der Waals surface area contributed by atoms with Gasteiger partial charge in [0.25, 0.3) is 5.91 Å². The van der Waals surface area contributed by atoms with E-state index in [4.69, 9.17) is 28.6 Å². The van der Waals surface area contributed by atoms with Crippen molar-refractivity contribution in [2.24, 2.45) is 0 Å². The van der Waals surface area contributed by atoms with Crippen molar-refractivity contribution in [3.8, 4) is 5.75 Å². The van der Waals surface area contributed by atoms with Crippen molar-refractivity contribution in [2.45, 2.75) is 6.61 Å². The number of likely N-dealkylation sites (N-methyl/N-ethyl adjacent to an activating group) is 1. The fourth-order valence-electron chi connectivity index (χ4n) is 2.10. The third-order valence-electron chi connectivity index (χ3n) is 3.48. The molecule has 122 valence electrons. The maximum Gasteiger partial charge on any atom is 0.265 e. The molecule has 0 unspecified atom stereocenters. The Kier molecular flexibility index (Phi) is 5.23. The number of amides is 1. The van der Waals surface area contributed by atoms with E-state index in [1.807, 2.05) is 54.6 Å². The zero-order valence-corrected chi connectivity index (χ0v) is 15.3. The van der Waals surface area contributed by atoms with Gasteiger partial charge in [0.05, 0.1) is 4.91 Å². The Balaban J connectivity index is 1.64. The van der Waals surface area contributed by atoms with Crippen molar-refractivity contribution in [1.82, 2.24) is 4.90 Å². The average molecular weight is 376 g/mol. The van der Waals surface area contributed by atoms with Gasteiger partial charge in [0, 0.05) is 12.1 Å². The van der Waals surface area contributed by atoms with Gasteiger partial charge in [0.2, 0.25) is 0 Å². The lowest BCUT2D eigenvalue weighted by molar-refractivity contribution is -0.121. The highest BCUT2D eigenvalue weighted by molar-refractivity contribution is 8.26. The van der Waals surface area contributed by atoms with E-state index in [9.17, 15) is 4.79 Å². The normalized spacial score (nSPS) is 16.1. The summed E-state index contributed by atoms with van der Waals surface area (Å²) in [4.78, 5) is 14.1. The van der Waals surface area contributed by atoms with Crippen LogP contribution in [0.5, 0.6) is 5.75 Å². The summed E-state index contributed by atoms with van der Waals surface area (Å²) in [6.45, 7) is 0.477. The number of hydrogen-bond donors (Lipinski definition) is 0. The van der Waals surface area contributed by atoms with E-state index in [0.29, 0.717) is 20.9 Å². The molecule has 0 aromatic heterocycles. The molecule has 24 heavy (non-hydrogen) atoms. The second-order valence-electron chi connectivity index (χ2n) is 5.22. The Labute approximate surface area is 155 Å². The summed E-state index contributed by atoms with van der Waals surface area (Å²) in [7, 11) is 1.69. The molecular weight excluding hydrogens is 362 g/mol. The van der Waals surface area contributed by atoms with Crippen LogP contribution in [0.25, 0.3) is 6.08 Å². The van der Waals surface area contributed by atoms with Crippen LogP contribution in [0.15, 0.2) is 53.4 Å². The van der Waals surface area contributed by atoms with Gasteiger partial charge < -0.3 is 4.74 Å². The summed E-state index contributed by atoms with van der Waals surface area (Å²) in [6.07, 6.45) is 1.84. The fourth-order valence-corrected chi connectivity index (χ4v) is 3.41. The highest BCUT2D eigenvalue weighted by Gasteiger charge is 2.28. The van der Waals surface area contributed by atoms with E-state index in [1.165, 1.54) is 16.7 Å². The van der Waals surface area contributed by atoms with Crippen molar-refractivity contribution in [1.29, 1.82) is 0 Å². The SMILES string of the molecule is CN1C(=O)/C(=C\c2ccc(OCc3ccc(Cl)cc3)cc2)SC1=S. The topological polar surface area (TPSA) is 29.5 Å². The third kappa shape index (κ3) is 3.98. The molecule has 0 spiro atoms. The Morgan fingerprint density at radius 3 is 2.42 bits per heavy atom. The molecule has 2 aromatic rings. The largest absolute Gasteiger partial charge is 0.489 e. The predicted molar refractivity (Wildman–Crippen MR) is 103 cm³/mol. The molecule has 1 aliphatic heterocycles. The molecule has 0 atom stereocenters. The lowest BCUT2D eigenvalue weighted by atomic mass is 10.2. The monoisotopic (exact) mass is 375 g/mol. The van der Waals surface area contributed by atoms with Gasteiger partial charge in [-0.1, -0.05) is 59.8 Å². The van der Waals surface area contributed by atoms with Crippen molar-refractivity contribution in [3.63, 3.8) is 0 Å². The minimum Gasteiger partial charge on any atom is -0.489 e. The van der Waals surface area contributed by atoms with Gasteiger partial charge in [-0.15, -0.1) is 0 Å². The van der Waals surface area contributed by atoms with Gasteiger partial charge in [-0.05, 0) is 41.5 Å². The number of hydrogen-bond acceptors (Lipinski definition) is 4. The van der Waals surface area contributed by atoms with E-state index in [1.54, 1.807) is 7.05 Å². The summed E-state index contributed by atoms with van der Waals surface area (Å²) in [5.41, 5.74) is 1.98. The Bertz CT molecular complexity index is 801. The van der Waals surface area contributed by atoms with Crippen molar-refractivity contribution < 1.29 is 9.53 Å². The van der Waals surface area contributed by atoms with Crippen LogP contribution < -0.4 is 4.74 Å². The van der Waals surface area contributed by atoms with E-state index < -0.39 is 0 Å². The first-order valence-corrected chi connectivity index (χ1v) is 8.82. The minimum absolute atomic E-state index is 0.0620. The van der Waals surface area contributed by atoms with E-state index in [2.05, 4.69) is 0 Å². The fraction of sp³-hybridized carbons (Fsp3) is 0.111. The van der Waals surface area contributed by atoms with Crippen LogP contribution in [-0.4, -0.2) is 22.2 Å². The first-order valence-electron chi connectivity index (χ1n) is 7.22. The zero-order chi connectivity index (χ0) is 17.1.